The number of amides is 1. The first-order valence-electron chi connectivity index (χ1n) is 6.24. The van der Waals surface area contributed by atoms with Gasteiger partial charge in [-0.2, -0.15) is 0 Å². The number of hydrogen-bond acceptors (Lipinski definition) is 4. The van der Waals surface area contributed by atoms with Crippen molar-refractivity contribution in [3.63, 3.8) is 0 Å². The summed E-state index contributed by atoms with van der Waals surface area (Å²) in [4.78, 5) is 28.2. The summed E-state index contributed by atoms with van der Waals surface area (Å²) in [5, 5.41) is 9.02. The lowest BCUT2D eigenvalue weighted by molar-refractivity contribution is -0.142. The summed E-state index contributed by atoms with van der Waals surface area (Å²) in [6.07, 6.45) is 2.67. The molecule has 2 atom stereocenters. The maximum absolute atomic E-state index is 11.0. The third kappa shape index (κ3) is 2.83. The molecule has 0 aliphatic carbocycles. The smallest absolute Gasteiger partial charge is 0.306 e. The van der Waals surface area contributed by atoms with Crippen LogP contribution >= 0.6 is 0 Å². The molecule has 2 unspecified atom stereocenters. The predicted molar refractivity (Wildman–Crippen MR) is 69.9 cm³/mol. The van der Waals surface area contributed by atoms with Gasteiger partial charge in [-0.05, 0) is 31.9 Å². The first-order valence-corrected chi connectivity index (χ1v) is 6.24. The fraction of sp³-hybridized carbons (Fsp3) is 0.462. The topological polar surface area (TPSA) is 96.5 Å². The van der Waals surface area contributed by atoms with Crippen LogP contribution in [0.25, 0.3) is 0 Å². The number of primary amides is 1. The van der Waals surface area contributed by atoms with E-state index < -0.39 is 11.9 Å². The number of carboxylic acid groups (broad SMARTS) is 1. The molecule has 1 fully saturated rings. The van der Waals surface area contributed by atoms with Crippen LogP contribution in [-0.4, -0.2) is 34.6 Å². The van der Waals surface area contributed by atoms with E-state index in [1.807, 2.05) is 6.92 Å². The standard InChI is InChI=1S/C13H17N3O3/c1-8-6-9(13(18)19)4-5-16(8)11-3-2-10(7-15-11)12(14)17/h2-3,7-9H,4-6H2,1H3,(H2,14,17)(H,18,19). The van der Waals surface area contributed by atoms with Crippen molar-refractivity contribution < 1.29 is 14.7 Å². The molecule has 1 aromatic rings. The van der Waals surface area contributed by atoms with Crippen molar-refractivity contribution >= 4 is 17.7 Å². The molecule has 1 aliphatic rings. The lowest BCUT2D eigenvalue weighted by Crippen LogP contribution is -2.43. The van der Waals surface area contributed by atoms with Crippen LogP contribution in [-0.2, 0) is 4.79 Å². The Morgan fingerprint density at radius 1 is 1.47 bits per heavy atom. The van der Waals surface area contributed by atoms with E-state index in [9.17, 15) is 9.59 Å². The van der Waals surface area contributed by atoms with Crippen LogP contribution < -0.4 is 10.6 Å². The Labute approximate surface area is 111 Å². The summed E-state index contributed by atoms with van der Waals surface area (Å²) < 4.78 is 0. The Hall–Kier alpha value is -2.11. The van der Waals surface area contributed by atoms with E-state index in [1.165, 1.54) is 6.20 Å². The minimum atomic E-state index is -0.733. The third-order valence-electron chi connectivity index (χ3n) is 3.55. The number of piperidine rings is 1. The largest absolute Gasteiger partial charge is 0.481 e. The van der Waals surface area contributed by atoms with Crippen LogP contribution in [0, 0.1) is 5.92 Å². The summed E-state index contributed by atoms with van der Waals surface area (Å²) in [6.45, 7) is 2.64. The quantitative estimate of drug-likeness (QED) is 0.843. The third-order valence-corrected chi connectivity index (χ3v) is 3.55. The molecule has 102 valence electrons. The monoisotopic (exact) mass is 263 g/mol. The van der Waals surface area contributed by atoms with Gasteiger partial charge in [0.15, 0.2) is 0 Å². The number of hydrogen-bond donors (Lipinski definition) is 2. The number of nitrogens with two attached hydrogens (primary N) is 1. The van der Waals surface area contributed by atoms with Gasteiger partial charge in [0.2, 0.25) is 5.91 Å². The molecule has 6 heteroatoms. The lowest BCUT2D eigenvalue weighted by atomic mass is 9.92. The molecule has 6 nitrogen and oxygen atoms in total. The Bertz CT molecular complexity index is 486. The van der Waals surface area contributed by atoms with E-state index in [0.29, 0.717) is 24.9 Å². The van der Waals surface area contributed by atoms with E-state index >= 15 is 0 Å². The predicted octanol–water partition coefficient (Wildman–Crippen LogP) is 0.870. The molecule has 1 aromatic heterocycles. The average molecular weight is 263 g/mol. The SMILES string of the molecule is CC1CC(C(=O)O)CCN1c1ccc(C(N)=O)cn1. The lowest BCUT2D eigenvalue weighted by Gasteiger charge is -2.37. The Balaban J connectivity index is 2.10. The molecule has 19 heavy (non-hydrogen) atoms. The molecule has 0 radical (unpaired) electrons. The zero-order valence-corrected chi connectivity index (χ0v) is 10.7. The Morgan fingerprint density at radius 3 is 2.68 bits per heavy atom. The minimum absolute atomic E-state index is 0.113. The van der Waals surface area contributed by atoms with Gasteiger partial charge < -0.3 is 15.7 Å². The van der Waals surface area contributed by atoms with Gasteiger partial charge in [-0.15, -0.1) is 0 Å². The highest BCUT2D eigenvalue weighted by atomic mass is 16.4. The van der Waals surface area contributed by atoms with Gasteiger partial charge >= 0.3 is 5.97 Å². The van der Waals surface area contributed by atoms with Crippen molar-refractivity contribution in [3.8, 4) is 0 Å². The molecule has 1 saturated heterocycles. The van der Waals surface area contributed by atoms with Gasteiger partial charge in [0.25, 0.3) is 0 Å². The first kappa shape index (κ1) is 13.3. The van der Waals surface area contributed by atoms with Crippen molar-refractivity contribution in [1.29, 1.82) is 0 Å². The number of carbonyl (C=O) groups excluding carboxylic acids is 1. The Morgan fingerprint density at radius 2 is 2.21 bits per heavy atom. The number of anilines is 1. The fourth-order valence-electron chi connectivity index (χ4n) is 2.44. The number of pyridine rings is 1. The maximum atomic E-state index is 11.0. The molecule has 2 heterocycles. The average Bonchev–Trinajstić information content (AvgIpc) is 2.38. The highest BCUT2D eigenvalue weighted by molar-refractivity contribution is 5.92. The van der Waals surface area contributed by atoms with Gasteiger partial charge in [-0.3, -0.25) is 9.59 Å². The van der Waals surface area contributed by atoms with Crippen molar-refractivity contribution in [2.75, 3.05) is 11.4 Å². The second-order valence-corrected chi connectivity index (χ2v) is 4.87. The van der Waals surface area contributed by atoms with Gasteiger partial charge in [0.05, 0.1) is 11.5 Å². The molecule has 0 saturated carbocycles. The van der Waals surface area contributed by atoms with Gasteiger partial charge in [-0.1, -0.05) is 0 Å². The number of carbonyl (C=O) groups is 2. The maximum Gasteiger partial charge on any atom is 0.306 e. The second kappa shape index (κ2) is 5.26. The van der Waals surface area contributed by atoms with Crippen molar-refractivity contribution in [2.45, 2.75) is 25.8 Å². The summed E-state index contributed by atoms with van der Waals surface area (Å²) >= 11 is 0. The summed E-state index contributed by atoms with van der Waals surface area (Å²) in [5.74, 6) is -0.766. The highest BCUT2D eigenvalue weighted by Gasteiger charge is 2.30. The second-order valence-electron chi connectivity index (χ2n) is 4.87. The van der Waals surface area contributed by atoms with Gasteiger partial charge in [-0.25, -0.2) is 4.98 Å². The molecule has 1 aliphatic heterocycles. The molecule has 0 aromatic carbocycles. The van der Waals surface area contributed by atoms with Crippen molar-refractivity contribution in [2.24, 2.45) is 11.7 Å². The van der Waals surface area contributed by atoms with Crippen LogP contribution in [0.1, 0.15) is 30.1 Å². The van der Waals surface area contributed by atoms with Crippen LogP contribution in [0.4, 0.5) is 5.82 Å². The van der Waals surface area contributed by atoms with Crippen LogP contribution in [0.5, 0.6) is 0 Å². The van der Waals surface area contributed by atoms with Gasteiger partial charge in [0, 0.05) is 18.8 Å². The number of aromatic nitrogens is 1. The van der Waals surface area contributed by atoms with E-state index in [0.717, 1.165) is 5.82 Å². The molecule has 2 rings (SSSR count). The number of carboxylic acids is 1. The molecular formula is C13H17N3O3. The zero-order chi connectivity index (χ0) is 14.0. The number of nitrogens with zero attached hydrogens (tertiary/aromatic N) is 2. The van der Waals surface area contributed by atoms with E-state index in [1.54, 1.807) is 12.1 Å². The molecule has 0 spiro atoms. The summed E-state index contributed by atoms with van der Waals surface area (Å²) in [5.41, 5.74) is 5.54. The summed E-state index contributed by atoms with van der Waals surface area (Å²) in [7, 11) is 0. The van der Waals surface area contributed by atoms with E-state index in [2.05, 4.69) is 9.88 Å². The molecular weight excluding hydrogens is 246 g/mol. The van der Waals surface area contributed by atoms with Crippen molar-refractivity contribution in [3.05, 3.63) is 23.9 Å². The highest BCUT2D eigenvalue weighted by Crippen LogP contribution is 2.26. The number of aliphatic carboxylic acids is 1. The van der Waals surface area contributed by atoms with Crippen LogP contribution in [0.3, 0.4) is 0 Å². The van der Waals surface area contributed by atoms with Crippen LogP contribution in [0.2, 0.25) is 0 Å². The van der Waals surface area contributed by atoms with Crippen LogP contribution in [0.15, 0.2) is 18.3 Å². The first-order chi connectivity index (χ1) is 8.99. The van der Waals surface area contributed by atoms with E-state index in [4.69, 9.17) is 10.8 Å². The minimum Gasteiger partial charge on any atom is -0.481 e. The number of rotatable bonds is 3. The summed E-state index contributed by atoms with van der Waals surface area (Å²) in [6, 6.07) is 3.50. The molecule has 1 amide bonds. The molecule has 0 bridgehead atoms. The zero-order valence-electron chi connectivity index (χ0n) is 10.7. The fourth-order valence-corrected chi connectivity index (χ4v) is 2.44. The normalized spacial score (nSPS) is 23.1. The Kier molecular flexibility index (Phi) is 3.69. The molecule has 3 N–H and O–H groups in total. The van der Waals surface area contributed by atoms with Gasteiger partial charge in [0.1, 0.15) is 5.82 Å². The van der Waals surface area contributed by atoms with E-state index in [-0.39, 0.29) is 12.0 Å². The van der Waals surface area contributed by atoms with Crippen molar-refractivity contribution in [1.82, 2.24) is 4.98 Å².